The highest BCUT2D eigenvalue weighted by Crippen LogP contribution is 2.21. The molecule has 0 fully saturated rings. The van der Waals surface area contributed by atoms with E-state index in [1.165, 1.54) is 17.0 Å². The second-order valence-corrected chi connectivity index (χ2v) is 7.01. The predicted molar refractivity (Wildman–Crippen MR) is 110 cm³/mol. The maximum Gasteiger partial charge on any atom is 0.320 e. The summed E-state index contributed by atoms with van der Waals surface area (Å²) < 4.78 is 2.44. The maximum absolute atomic E-state index is 12.5. The molecule has 6 heteroatoms. The first-order valence-electron chi connectivity index (χ1n) is 9.03. The zero-order valence-electron chi connectivity index (χ0n) is 16.4. The molecule has 0 aliphatic rings. The molecule has 0 atom stereocenters. The monoisotopic (exact) mass is 377 g/mol. The lowest BCUT2D eigenvalue weighted by atomic mass is 10.1. The zero-order chi connectivity index (χ0) is 20.4. The molecule has 0 aliphatic carbocycles. The van der Waals surface area contributed by atoms with Crippen LogP contribution in [0.1, 0.15) is 22.3 Å². The number of aryl methyl sites for hydroxylation is 4. The maximum atomic E-state index is 12.5. The standard InChI is InChI=1S/C22H23N3O3/c1-14-11-16(3)20(17(4)12-14)23-19(26)13-24-9-10-25(22(28)21(24)27)18-8-6-5-7-15(18)2/h5-12H,13H2,1-4H3,(H,23,26). The number of carbonyl (C=O) groups excluding carboxylic acids is 1. The molecular formula is C22H23N3O3. The molecule has 1 aromatic heterocycles. The molecule has 2 aromatic carbocycles. The van der Waals surface area contributed by atoms with E-state index in [4.69, 9.17) is 0 Å². The summed E-state index contributed by atoms with van der Waals surface area (Å²) in [5.74, 6) is -0.356. The van der Waals surface area contributed by atoms with Crippen LogP contribution in [0.4, 0.5) is 5.69 Å². The number of nitrogens with one attached hydrogen (secondary N) is 1. The predicted octanol–water partition coefficient (Wildman–Crippen LogP) is 2.87. The lowest BCUT2D eigenvalue weighted by Crippen LogP contribution is -2.41. The van der Waals surface area contributed by atoms with Crippen LogP contribution in [0.15, 0.2) is 58.4 Å². The first kappa shape index (κ1) is 19.4. The second-order valence-electron chi connectivity index (χ2n) is 7.01. The van der Waals surface area contributed by atoms with Crippen molar-refractivity contribution in [3.63, 3.8) is 0 Å². The molecule has 0 saturated carbocycles. The van der Waals surface area contributed by atoms with Gasteiger partial charge in [0.05, 0.1) is 5.69 Å². The van der Waals surface area contributed by atoms with Crippen LogP contribution in [0, 0.1) is 27.7 Å². The van der Waals surface area contributed by atoms with Crippen molar-refractivity contribution in [2.24, 2.45) is 0 Å². The molecule has 0 spiro atoms. The van der Waals surface area contributed by atoms with Crippen molar-refractivity contribution < 1.29 is 4.79 Å². The van der Waals surface area contributed by atoms with Crippen molar-refractivity contribution in [1.82, 2.24) is 9.13 Å². The summed E-state index contributed by atoms with van der Waals surface area (Å²) in [6.07, 6.45) is 2.98. The highest BCUT2D eigenvalue weighted by Gasteiger charge is 2.13. The van der Waals surface area contributed by atoms with E-state index in [0.29, 0.717) is 5.69 Å². The molecule has 3 aromatic rings. The van der Waals surface area contributed by atoms with Gasteiger partial charge >= 0.3 is 11.1 Å². The number of amides is 1. The first-order valence-corrected chi connectivity index (χ1v) is 9.03. The summed E-state index contributed by atoms with van der Waals surface area (Å²) in [6.45, 7) is 7.48. The third-order valence-electron chi connectivity index (χ3n) is 4.69. The highest BCUT2D eigenvalue weighted by molar-refractivity contribution is 5.92. The minimum atomic E-state index is -0.738. The normalized spacial score (nSPS) is 10.7. The van der Waals surface area contributed by atoms with Crippen LogP contribution < -0.4 is 16.4 Å². The number of para-hydroxylation sites is 1. The molecule has 28 heavy (non-hydrogen) atoms. The first-order chi connectivity index (χ1) is 13.3. The number of anilines is 1. The SMILES string of the molecule is Cc1cc(C)c(NC(=O)Cn2ccn(-c3ccccc3C)c(=O)c2=O)c(C)c1. The topological polar surface area (TPSA) is 73.1 Å². The molecule has 0 unspecified atom stereocenters. The van der Waals surface area contributed by atoms with Crippen molar-refractivity contribution in [2.75, 3.05) is 5.32 Å². The van der Waals surface area contributed by atoms with Crippen LogP contribution in [0.5, 0.6) is 0 Å². The molecule has 0 aliphatic heterocycles. The molecule has 3 rings (SSSR count). The molecule has 0 saturated heterocycles. The van der Waals surface area contributed by atoms with Crippen LogP contribution >= 0.6 is 0 Å². The average Bonchev–Trinajstić information content (AvgIpc) is 2.63. The van der Waals surface area contributed by atoms with E-state index >= 15 is 0 Å². The lowest BCUT2D eigenvalue weighted by molar-refractivity contribution is -0.116. The number of hydrogen-bond donors (Lipinski definition) is 1. The summed E-state index contributed by atoms with van der Waals surface area (Å²) in [7, 11) is 0. The van der Waals surface area contributed by atoms with Gasteiger partial charge in [0, 0.05) is 18.1 Å². The van der Waals surface area contributed by atoms with Crippen molar-refractivity contribution in [2.45, 2.75) is 34.2 Å². The van der Waals surface area contributed by atoms with Gasteiger partial charge in [0.1, 0.15) is 6.54 Å². The number of hydrogen-bond acceptors (Lipinski definition) is 3. The van der Waals surface area contributed by atoms with Crippen LogP contribution in [0.25, 0.3) is 5.69 Å². The summed E-state index contributed by atoms with van der Waals surface area (Å²) in [6, 6.07) is 11.3. The van der Waals surface area contributed by atoms with E-state index in [1.54, 1.807) is 12.1 Å². The fraction of sp³-hybridized carbons (Fsp3) is 0.227. The van der Waals surface area contributed by atoms with Gasteiger partial charge in [0.15, 0.2) is 0 Å². The Kier molecular flexibility index (Phi) is 5.31. The van der Waals surface area contributed by atoms with E-state index in [1.807, 2.05) is 52.0 Å². The Bertz CT molecular complexity index is 1150. The van der Waals surface area contributed by atoms with Crippen LogP contribution in [0.2, 0.25) is 0 Å². The fourth-order valence-corrected chi connectivity index (χ4v) is 3.37. The smallest absolute Gasteiger partial charge is 0.320 e. The van der Waals surface area contributed by atoms with Gasteiger partial charge in [-0.3, -0.25) is 23.5 Å². The molecular weight excluding hydrogens is 354 g/mol. The molecule has 0 radical (unpaired) electrons. The van der Waals surface area contributed by atoms with Crippen LogP contribution in [-0.2, 0) is 11.3 Å². The van der Waals surface area contributed by atoms with Crippen molar-refractivity contribution >= 4 is 11.6 Å². The van der Waals surface area contributed by atoms with Crippen molar-refractivity contribution in [1.29, 1.82) is 0 Å². The third kappa shape index (κ3) is 3.81. The van der Waals surface area contributed by atoms with Gasteiger partial charge in [-0.05, 0) is 50.5 Å². The van der Waals surface area contributed by atoms with Gasteiger partial charge in [-0.1, -0.05) is 35.9 Å². The zero-order valence-corrected chi connectivity index (χ0v) is 16.4. The van der Waals surface area contributed by atoms with E-state index in [9.17, 15) is 14.4 Å². The van der Waals surface area contributed by atoms with Gasteiger partial charge in [-0.25, -0.2) is 0 Å². The highest BCUT2D eigenvalue weighted by atomic mass is 16.2. The van der Waals surface area contributed by atoms with Crippen LogP contribution in [-0.4, -0.2) is 15.0 Å². The molecule has 1 amide bonds. The minimum absolute atomic E-state index is 0.227. The lowest BCUT2D eigenvalue weighted by Gasteiger charge is -2.14. The molecule has 1 heterocycles. The van der Waals surface area contributed by atoms with Gasteiger partial charge in [0.25, 0.3) is 0 Å². The Balaban J connectivity index is 1.87. The average molecular weight is 377 g/mol. The van der Waals surface area contributed by atoms with E-state index in [0.717, 1.165) is 32.5 Å². The van der Waals surface area contributed by atoms with Crippen molar-refractivity contribution in [3.05, 3.63) is 91.8 Å². The molecule has 144 valence electrons. The minimum Gasteiger partial charge on any atom is -0.324 e. The third-order valence-corrected chi connectivity index (χ3v) is 4.69. The summed E-state index contributed by atoms with van der Waals surface area (Å²) in [5.41, 5.74) is 3.85. The van der Waals surface area contributed by atoms with Gasteiger partial charge in [0.2, 0.25) is 5.91 Å². The van der Waals surface area contributed by atoms with E-state index in [2.05, 4.69) is 5.32 Å². The van der Waals surface area contributed by atoms with Gasteiger partial charge in [-0.2, -0.15) is 0 Å². The largest absolute Gasteiger partial charge is 0.324 e. The fourth-order valence-electron chi connectivity index (χ4n) is 3.37. The second kappa shape index (κ2) is 7.68. The van der Waals surface area contributed by atoms with Crippen molar-refractivity contribution in [3.8, 4) is 5.69 Å². The Morgan fingerprint density at radius 2 is 1.54 bits per heavy atom. The number of nitrogens with zero attached hydrogens (tertiary/aromatic N) is 2. The van der Waals surface area contributed by atoms with Gasteiger partial charge in [-0.15, -0.1) is 0 Å². The Labute approximate surface area is 163 Å². The Morgan fingerprint density at radius 3 is 2.18 bits per heavy atom. The Hall–Kier alpha value is -3.41. The number of aromatic nitrogens is 2. The van der Waals surface area contributed by atoms with E-state index in [-0.39, 0.29) is 12.5 Å². The summed E-state index contributed by atoms with van der Waals surface area (Å²) in [5, 5.41) is 2.85. The number of rotatable bonds is 4. The summed E-state index contributed by atoms with van der Waals surface area (Å²) >= 11 is 0. The molecule has 6 nitrogen and oxygen atoms in total. The van der Waals surface area contributed by atoms with Crippen LogP contribution in [0.3, 0.4) is 0 Å². The molecule has 1 N–H and O–H groups in total. The Morgan fingerprint density at radius 1 is 0.893 bits per heavy atom. The summed E-state index contributed by atoms with van der Waals surface area (Å²) in [4.78, 5) is 37.5. The van der Waals surface area contributed by atoms with Gasteiger partial charge < -0.3 is 5.32 Å². The number of carbonyl (C=O) groups is 1. The van der Waals surface area contributed by atoms with E-state index < -0.39 is 11.1 Å². The number of benzene rings is 2. The quantitative estimate of drug-likeness (QED) is 0.711. The molecule has 0 bridgehead atoms.